The average Bonchev–Trinajstić information content (AvgIpc) is 3.42. The van der Waals surface area contributed by atoms with Gasteiger partial charge in [-0.3, -0.25) is 4.99 Å². The van der Waals surface area contributed by atoms with E-state index in [1.165, 1.54) is 18.5 Å². The first-order valence-electron chi connectivity index (χ1n) is 10.2. The number of guanidine groups is 1. The van der Waals surface area contributed by atoms with E-state index >= 15 is 0 Å². The molecule has 1 unspecified atom stereocenters. The van der Waals surface area contributed by atoms with Crippen molar-refractivity contribution in [3.63, 3.8) is 0 Å². The molecule has 0 amide bonds. The fraction of sp³-hybridized carbons (Fsp3) is 0.650. The van der Waals surface area contributed by atoms with Crippen LogP contribution in [0.15, 0.2) is 35.3 Å². The second kappa shape index (κ2) is 9.65. The molecule has 1 aromatic carbocycles. The van der Waals surface area contributed by atoms with Gasteiger partial charge in [0, 0.05) is 37.4 Å². The predicted octanol–water partition coefficient (Wildman–Crippen LogP) is 2.41. The van der Waals surface area contributed by atoms with Gasteiger partial charge in [0.15, 0.2) is 15.8 Å². The molecule has 0 radical (unpaired) electrons. The van der Waals surface area contributed by atoms with E-state index in [-0.39, 0.29) is 29.9 Å². The number of hydrogen-bond donors (Lipinski definition) is 2. The Bertz CT molecular complexity index is 760. The standard InChI is InChI=1S/C20H30N4O2S.HI/c25-27(26)13-10-16(15-27)14-21-20(22-17-6-7-17)23-18-8-11-24(12-9-18)19-4-2-1-3-5-19;/h1-5,16-18H,6-15H2,(H2,21,22,23);1H. The molecule has 0 spiro atoms. The monoisotopic (exact) mass is 518 g/mol. The van der Waals surface area contributed by atoms with E-state index in [1.54, 1.807) is 0 Å². The second-order valence-corrected chi connectivity index (χ2v) is 10.3. The zero-order valence-corrected chi connectivity index (χ0v) is 19.4. The second-order valence-electron chi connectivity index (χ2n) is 8.12. The highest BCUT2D eigenvalue weighted by molar-refractivity contribution is 14.0. The summed E-state index contributed by atoms with van der Waals surface area (Å²) in [7, 11) is -2.83. The van der Waals surface area contributed by atoms with E-state index in [9.17, 15) is 8.42 Å². The summed E-state index contributed by atoms with van der Waals surface area (Å²) in [6.07, 6.45) is 5.31. The van der Waals surface area contributed by atoms with Crippen LogP contribution in [0, 0.1) is 5.92 Å². The van der Waals surface area contributed by atoms with Crippen LogP contribution in [0.5, 0.6) is 0 Å². The van der Waals surface area contributed by atoms with Crippen LogP contribution in [0.4, 0.5) is 5.69 Å². The van der Waals surface area contributed by atoms with Crippen LogP contribution in [0.3, 0.4) is 0 Å². The van der Waals surface area contributed by atoms with Crippen molar-refractivity contribution < 1.29 is 8.42 Å². The van der Waals surface area contributed by atoms with Crippen LogP contribution in [-0.4, -0.2) is 57.6 Å². The maximum absolute atomic E-state index is 11.7. The molecule has 1 aromatic rings. The molecule has 2 aliphatic heterocycles. The van der Waals surface area contributed by atoms with Gasteiger partial charge in [-0.1, -0.05) is 18.2 Å². The number of benzene rings is 1. The highest BCUT2D eigenvalue weighted by atomic mass is 127. The summed E-state index contributed by atoms with van der Waals surface area (Å²) in [5.74, 6) is 1.67. The maximum Gasteiger partial charge on any atom is 0.191 e. The Labute approximate surface area is 185 Å². The minimum atomic E-state index is -2.83. The van der Waals surface area contributed by atoms with Crippen molar-refractivity contribution >= 4 is 45.5 Å². The molecule has 0 bridgehead atoms. The van der Waals surface area contributed by atoms with Crippen LogP contribution in [-0.2, 0) is 9.84 Å². The molecule has 6 nitrogen and oxygen atoms in total. The molecule has 1 atom stereocenters. The Morgan fingerprint density at radius 1 is 1.00 bits per heavy atom. The Balaban J connectivity index is 0.00000225. The number of hydrogen-bond acceptors (Lipinski definition) is 4. The third-order valence-electron chi connectivity index (χ3n) is 5.71. The fourth-order valence-electron chi connectivity index (χ4n) is 3.90. The molecule has 1 saturated carbocycles. The van der Waals surface area contributed by atoms with Crippen LogP contribution in [0.25, 0.3) is 0 Å². The smallest absolute Gasteiger partial charge is 0.191 e. The normalized spacial score (nSPS) is 25.2. The minimum absolute atomic E-state index is 0. The van der Waals surface area contributed by atoms with Gasteiger partial charge >= 0.3 is 0 Å². The van der Waals surface area contributed by atoms with Crippen molar-refractivity contribution in [2.45, 2.75) is 44.2 Å². The van der Waals surface area contributed by atoms with Gasteiger partial charge in [0.25, 0.3) is 0 Å². The van der Waals surface area contributed by atoms with Gasteiger partial charge in [0.1, 0.15) is 0 Å². The summed E-state index contributed by atoms with van der Waals surface area (Å²) in [5, 5.41) is 7.11. The Kier molecular flexibility index (Phi) is 7.47. The first kappa shape index (κ1) is 21.7. The summed E-state index contributed by atoms with van der Waals surface area (Å²) in [6, 6.07) is 11.5. The largest absolute Gasteiger partial charge is 0.371 e. The maximum atomic E-state index is 11.7. The van der Waals surface area contributed by atoms with E-state index in [1.807, 2.05) is 0 Å². The number of rotatable bonds is 5. The molecular formula is C20H31IN4O2S. The third kappa shape index (κ3) is 6.23. The van der Waals surface area contributed by atoms with E-state index in [0.29, 0.717) is 30.1 Å². The third-order valence-corrected chi connectivity index (χ3v) is 7.55. The average molecular weight is 518 g/mol. The van der Waals surface area contributed by atoms with Gasteiger partial charge < -0.3 is 15.5 Å². The fourth-order valence-corrected chi connectivity index (χ4v) is 5.75. The number of halogens is 1. The van der Waals surface area contributed by atoms with Gasteiger partial charge in [0.2, 0.25) is 0 Å². The molecule has 156 valence electrons. The van der Waals surface area contributed by atoms with Gasteiger partial charge in [-0.25, -0.2) is 8.42 Å². The Hall–Kier alpha value is -1.03. The van der Waals surface area contributed by atoms with Crippen molar-refractivity contribution in [2.24, 2.45) is 10.9 Å². The zero-order valence-electron chi connectivity index (χ0n) is 16.2. The Morgan fingerprint density at radius 3 is 2.21 bits per heavy atom. The lowest BCUT2D eigenvalue weighted by Crippen LogP contribution is -2.49. The molecule has 2 N–H and O–H groups in total. The molecule has 2 saturated heterocycles. The molecule has 1 aliphatic carbocycles. The number of piperidine rings is 1. The van der Waals surface area contributed by atoms with Crippen LogP contribution < -0.4 is 15.5 Å². The number of nitrogens with one attached hydrogen (secondary N) is 2. The van der Waals surface area contributed by atoms with Crippen molar-refractivity contribution in [1.29, 1.82) is 0 Å². The summed E-state index contributed by atoms with van der Waals surface area (Å²) >= 11 is 0. The molecule has 4 rings (SSSR count). The van der Waals surface area contributed by atoms with Crippen LogP contribution >= 0.6 is 24.0 Å². The lowest BCUT2D eigenvalue weighted by Gasteiger charge is -2.34. The van der Waals surface area contributed by atoms with Gasteiger partial charge in [-0.15, -0.1) is 24.0 Å². The number of anilines is 1. The first-order chi connectivity index (χ1) is 13.1. The highest BCUT2D eigenvalue weighted by Crippen LogP contribution is 2.22. The van der Waals surface area contributed by atoms with Gasteiger partial charge in [0.05, 0.1) is 11.5 Å². The van der Waals surface area contributed by atoms with E-state index in [4.69, 9.17) is 4.99 Å². The summed E-state index contributed by atoms with van der Waals surface area (Å²) in [6.45, 7) is 2.68. The lowest BCUT2D eigenvalue weighted by atomic mass is 10.0. The van der Waals surface area contributed by atoms with Crippen molar-refractivity contribution in [3.05, 3.63) is 30.3 Å². The molecule has 3 fully saturated rings. The van der Waals surface area contributed by atoms with Crippen LogP contribution in [0.1, 0.15) is 32.1 Å². The zero-order chi connectivity index (χ0) is 18.7. The van der Waals surface area contributed by atoms with Crippen molar-refractivity contribution in [3.8, 4) is 0 Å². The van der Waals surface area contributed by atoms with Gasteiger partial charge in [-0.05, 0) is 50.2 Å². The molecular weight excluding hydrogens is 487 g/mol. The molecule has 3 aliphatic rings. The molecule has 8 heteroatoms. The molecule has 0 aromatic heterocycles. The number of nitrogens with zero attached hydrogens (tertiary/aromatic N) is 2. The minimum Gasteiger partial charge on any atom is -0.371 e. The summed E-state index contributed by atoms with van der Waals surface area (Å²) < 4.78 is 23.3. The number of aliphatic imine (C=N–C) groups is 1. The first-order valence-corrected chi connectivity index (χ1v) is 12.0. The van der Waals surface area contributed by atoms with E-state index in [0.717, 1.165) is 38.3 Å². The van der Waals surface area contributed by atoms with Gasteiger partial charge in [-0.2, -0.15) is 0 Å². The SMILES string of the molecule is I.O=S1(=O)CCC(CN=C(NC2CC2)NC2CCN(c3ccccc3)CC2)C1. The quantitative estimate of drug-likeness (QED) is 0.356. The Morgan fingerprint density at radius 2 is 1.64 bits per heavy atom. The van der Waals surface area contributed by atoms with Crippen molar-refractivity contribution in [1.82, 2.24) is 10.6 Å². The molecule has 28 heavy (non-hydrogen) atoms. The van der Waals surface area contributed by atoms with Crippen molar-refractivity contribution in [2.75, 3.05) is 36.0 Å². The molecule has 2 heterocycles. The lowest BCUT2D eigenvalue weighted by molar-refractivity contribution is 0.460. The highest BCUT2D eigenvalue weighted by Gasteiger charge is 2.29. The van der Waals surface area contributed by atoms with E-state index < -0.39 is 9.84 Å². The number of para-hydroxylation sites is 1. The number of sulfone groups is 1. The summed E-state index contributed by atoms with van der Waals surface area (Å²) in [4.78, 5) is 7.18. The van der Waals surface area contributed by atoms with Crippen LogP contribution in [0.2, 0.25) is 0 Å². The summed E-state index contributed by atoms with van der Waals surface area (Å²) in [5.41, 5.74) is 1.29. The topological polar surface area (TPSA) is 73.8 Å². The van der Waals surface area contributed by atoms with E-state index in [2.05, 4.69) is 45.9 Å². The predicted molar refractivity (Wildman–Crippen MR) is 125 cm³/mol.